The molecule has 2 heterocycles. The summed E-state index contributed by atoms with van der Waals surface area (Å²) >= 11 is 3.57. The first-order chi connectivity index (χ1) is 7.72. The Morgan fingerprint density at radius 1 is 1.56 bits per heavy atom. The predicted molar refractivity (Wildman–Crippen MR) is 70.5 cm³/mol. The highest BCUT2D eigenvalue weighted by atomic mass is 79.9. The average Bonchev–Trinajstić information content (AvgIpc) is 2.31. The first-order valence-electron chi connectivity index (χ1n) is 5.79. The average molecular weight is 284 g/mol. The van der Waals surface area contributed by atoms with Crippen molar-refractivity contribution < 1.29 is 0 Å². The van der Waals surface area contributed by atoms with Gasteiger partial charge >= 0.3 is 0 Å². The maximum absolute atomic E-state index is 5.77. The van der Waals surface area contributed by atoms with Crippen LogP contribution < -0.4 is 10.6 Å². The van der Waals surface area contributed by atoms with Crippen LogP contribution in [-0.4, -0.2) is 24.1 Å². The van der Waals surface area contributed by atoms with Crippen molar-refractivity contribution in [1.82, 2.24) is 4.98 Å². The first kappa shape index (κ1) is 11.9. The molecule has 2 N–H and O–H groups in total. The highest BCUT2D eigenvalue weighted by molar-refractivity contribution is 9.10. The van der Waals surface area contributed by atoms with Gasteiger partial charge in [0, 0.05) is 18.8 Å². The number of rotatable bonds is 2. The van der Waals surface area contributed by atoms with Crippen LogP contribution in [0, 0.1) is 5.92 Å². The molecule has 1 aliphatic heterocycles. The lowest BCUT2D eigenvalue weighted by molar-refractivity contribution is 0.371. The van der Waals surface area contributed by atoms with Crippen LogP contribution in [0.2, 0.25) is 0 Å². The van der Waals surface area contributed by atoms with Crippen molar-refractivity contribution in [2.75, 3.05) is 18.0 Å². The van der Waals surface area contributed by atoms with Crippen LogP contribution in [0.5, 0.6) is 0 Å². The zero-order valence-electron chi connectivity index (χ0n) is 9.56. The van der Waals surface area contributed by atoms with Crippen LogP contribution in [0.3, 0.4) is 0 Å². The fourth-order valence-corrected chi connectivity index (χ4v) is 2.74. The molecule has 1 aromatic rings. The zero-order chi connectivity index (χ0) is 11.5. The highest BCUT2D eigenvalue weighted by Crippen LogP contribution is 2.30. The lowest BCUT2D eigenvalue weighted by Crippen LogP contribution is -2.44. The fraction of sp³-hybridized carbons (Fsp3) is 0.583. The first-order valence-corrected chi connectivity index (χ1v) is 6.59. The summed E-state index contributed by atoms with van der Waals surface area (Å²) < 4.78 is 1.07. The molecule has 1 fully saturated rings. The molecule has 0 aromatic carbocycles. The van der Waals surface area contributed by atoms with Crippen LogP contribution in [0.25, 0.3) is 0 Å². The topological polar surface area (TPSA) is 42.1 Å². The molecule has 0 aliphatic carbocycles. The third-order valence-electron chi connectivity index (χ3n) is 3.32. The molecule has 2 rings (SSSR count). The summed E-state index contributed by atoms with van der Waals surface area (Å²) in [5, 5.41) is 0. The Balaban J connectivity index is 2.21. The van der Waals surface area contributed by atoms with Crippen molar-refractivity contribution in [3.63, 3.8) is 0 Å². The van der Waals surface area contributed by atoms with E-state index in [2.05, 4.69) is 32.7 Å². The van der Waals surface area contributed by atoms with Crippen LogP contribution in [0.15, 0.2) is 22.8 Å². The van der Waals surface area contributed by atoms with Crippen molar-refractivity contribution in [2.24, 2.45) is 11.7 Å². The third-order valence-corrected chi connectivity index (χ3v) is 3.94. The van der Waals surface area contributed by atoms with Crippen molar-refractivity contribution in [2.45, 2.75) is 25.8 Å². The van der Waals surface area contributed by atoms with Crippen molar-refractivity contribution in [3.05, 3.63) is 22.8 Å². The Bertz CT molecular complexity index is 356. The molecular weight excluding hydrogens is 266 g/mol. The van der Waals surface area contributed by atoms with E-state index in [9.17, 15) is 0 Å². The van der Waals surface area contributed by atoms with Gasteiger partial charge in [-0.15, -0.1) is 0 Å². The maximum atomic E-state index is 5.77. The number of nitrogens with two attached hydrogens (primary N) is 1. The van der Waals surface area contributed by atoms with Gasteiger partial charge in [-0.05, 0) is 60.3 Å². The van der Waals surface area contributed by atoms with Gasteiger partial charge in [-0.2, -0.15) is 0 Å². The molecule has 1 aliphatic rings. The highest BCUT2D eigenvalue weighted by Gasteiger charge is 2.26. The fourth-order valence-electron chi connectivity index (χ4n) is 2.26. The number of hydrogen-bond acceptors (Lipinski definition) is 3. The predicted octanol–water partition coefficient (Wildman–Crippen LogP) is 2.41. The molecule has 2 atom stereocenters. The molecule has 2 unspecified atom stereocenters. The molecule has 0 spiro atoms. The molecule has 1 aromatic heterocycles. The van der Waals surface area contributed by atoms with Gasteiger partial charge < -0.3 is 10.6 Å². The number of anilines is 1. The number of halogens is 1. The molecule has 0 radical (unpaired) electrons. The van der Waals surface area contributed by atoms with E-state index in [1.54, 1.807) is 0 Å². The van der Waals surface area contributed by atoms with E-state index >= 15 is 0 Å². The molecule has 0 amide bonds. The summed E-state index contributed by atoms with van der Waals surface area (Å²) in [6.07, 6.45) is 4.28. The summed E-state index contributed by atoms with van der Waals surface area (Å²) in [6.45, 7) is 4.05. The van der Waals surface area contributed by atoms with Crippen LogP contribution in [0.1, 0.15) is 19.8 Å². The normalized spacial score (nSPS) is 25.8. The Labute approximate surface area is 105 Å². The minimum absolute atomic E-state index is 0.550. The summed E-state index contributed by atoms with van der Waals surface area (Å²) in [7, 11) is 0. The summed E-state index contributed by atoms with van der Waals surface area (Å²) in [6, 6.07) is 4.54. The largest absolute Gasteiger partial charge is 0.353 e. The standard InChI is InChI=1S/C12H18BrN3/c1-9-4-5-10(7-14)8-16(9)12-11(13)3-2-6-15-12/h2-3,6,9-10H,4-5,7-8,14H2,1H3. The Morgan fingerprint density at radius 3 is 3.06 bits per heavy atom. The SMILES string of the molecule is CC1CCC(CN)CN1c1ncccc1Br. The number of aromatic nitrogens is 1. The third kappa shape index (κ3) is 2.38. The van der Waals surface area contributed by atoms with Gasteiger partial charge in [0.05, 0.1) is 4.47 Å². The van der Waals surface area contributed by atoms with Gasteiger partial charge in [-0.25, -0.2) is 4.98 Å². The van der Waals surface area contributed by atoms with Crippen molar-refractivity contribution >= 4 is 21.7 Å². The molecule has 0 bridgehead atoms. The van der Waals surface area contributed by atoms with Gasteiger partial charge in [0.15, 0.2) is 0 Å². The number of hydrogen-bond donors (Lipinski definition) is 1. The summed E-state index contributed by atoms with van der Waals surface area (Å²) in [5.74, 6) is 1.65. The quantitative estimate of drug-likeness (QED) is 0.906. The molecular formula is C12H18BrN3. The smallest absolute Gasteiger partial charge is 0.143 e. The van der Waals surface area contributed by atoms with Crippen LogP contribution >= 0.6 is 15.9 Å². The van der Waals surface area contributed by atoms with Gasteiger partial charge in [0.25, 0.3) is 0 Å². The number of nitrogens with zero attached hydrogens (tertiary/aromatic N) is 2. The van der Waals surface area contributed by atoms with Gasteiger partial charge in [0.1, 0.15) is 5.82 Å². The molecule has 3 nitrogen and oxygen atoms in total. The van der Waals surface area contributed by atoms with Gasteiger partial charge in [-0.1, -0.05) is 0 Å². The van der Waals surface area contributed by atoms with Crippen LogP contribution in [0.4, 0.5) is 5.82 Å². The minimum atomic E-state index is 0.550. The monoisotopic (exact) mass is 283 g/mol. The second kappa shape index (κ2) is 5.15. The summed E-state index contributed by atoms with van der Waals surface area (Å²) in [4.78, 5) is 6.83. The second-order valence-corrected chi connectivity index (χ2v) is 5.34. The van der Waals surface area contributed by atoms with Crippen molar-refractivity contribution in [3.8, 4) is 0 Å². The second-order valence-electron chi connectivity index (χ2n) is 4.49. The number of pyridine rings is 1. The van der Waals surface area contributed by atoms with E-state index in [4.69, 9.17) is 5.73 Å². The Kier molecular flexibility index (Phi) is 3.82. The summed E-state index contributed by atoms with van der Waals surface area (Å²) in [5.41, 5.74) is 5.77. The van der Waals surface area contributed by atoms with E-state index in [1.807, 2.05) is 18.3 Å². The number of piperidine rings is 1. The molecule has 0 saturated carbocycles. The van der Waals surface area contributed by atoms with E-state index in [1.165, 1.54) is 12.8 Å². The molecule has 16 heavy (non-hydrogen) atoms. The van der Waals surface area contributed by atoms with Gasteiger partial charge in [0.2, 0.25) is 0 Å². The Hall–Kier alpha value is -0.610. The minimum Gasteiger partial charge on any atom is -0.353 e. The van der Waals surface area contributed by atoms with E-state index in [-0.39, 0.29) is 0 Å². The van der Waals surface area contributed by atoms with Crippen molar-refractivity contribution in [1.29, 1.82) is 0 Å². The lowest BCUT2D eigenvalue weighted by Gasteiger charge is -2.38. The lowest BCUT2D eigenvalue weighted by atomic mass is 9.93. The molecule has 4 heteroatoms. The van der Waals surface area contributed by atoms with Crippen LogP contribution in [-0.2, 0) is 0 Å². The molecule has 1 saturated heterocycles. The van der Waals surface area contributed by atoms with E-state index < -0.39 is 0 Å². The van der Waals surface area contributed by atoms with E-state index in [0.29, 0.717) is 12.0 Å². The molecule has 88 valence electrons. The van der Waals surface area contributed by atoms with E-state index in [0.717, 1.165) is 23.4 Å². The maximum Gasteiger partial charge on any atom is 0.143 e. The Morgan fingerprint density at radius 2 is 2.38 bits per heavy atom. The zero-order valence-corrected chi connectivity index (χ0v) is 11.2. The van der Waals surface area contributed by atoms with Gasteiger partial charge in [-0.3, -0.25) is 0 Å².